The number of nitrogens with zero attached hydrogens (tertiary/aromatic N) is 1. The number of nitro benzene ring substituents is 1. The largest absolute Gasteiger partial charge is 0.380 e. The molecule has 0 aliphatic heterocycles. The highest BCUT2D eigenvalue weighted by Crippen LogP contribution is 2.27. The molecule has 1 aliphatic rings. The van der Waals surface area contributed by atoms with E-state index in [-0.39, 0.29) is 17.8 Å². The Balaban J connectivity index is 2.09. The summed E-state index contributed by atoms with van der Waals surface area (Å²) in [5.74, 6) is 0. The van der Waals surface area contributed by atoms with Crippen molar-refractivity contribution in [3.63, 3.8) is 0 Å². The topological polar surface area (TPSA) is 64.4 Å². The number of hydrogen-bond acceptors (Lipinski definition) is 4. The summed E-state index contributed by atoms with van der Waals surface area (Å²) >= 11 is 6.05. The van der Waals surface area contributed by atoms with Crippen molar-refractivity contribution in [2.75, 3.05) is 7.11 Å². The molecule has 1 fully saturated rings. The van der Waals surface area contributed by atoms with E-state index < -0.39 is 4.92 Å². The van der Waals surface area contributed by atoms with Gasteiger partial charge < -0.3 is 10.1 Å². The van der Waals surface area contributed by atoms with Crippen molar-refractivity contribution in [1.82, 2.24) is 5.32 Å². The average Bonchev–Trinajstić information content (AvgIpc) is 2.84. The van der Waals surface area contributed by atoms with E-state index in [2.05, 4.69) is 5.32 Å². The van der Waals surface area contributed by atoms with Crippen molar-refractivity contribution in [2.24, 2.45) is 0 Å². The molecule has 0 saturated heterocycles. The zero-order chi connectivity index (χ0) is 13.8. The molecule has 0 spiro atoms. The van der Waals surface area contributed by atoms with Gasteiger partial charge in [-0.3, -0.25) is 10.1 Å². The molecule has 6 heteroatoms. The van der Waals surface area contributed by atoms with Crippen LogP contribution in [-0.4, -0.2) is 24.2 Å². The predicted molar refractivity (Wildman–Crippen MR) is 73.4 cm³/mol. The number of hydrogen-bond donors (Lipinski definition) is 1. The van der Waals surface area contributed by atoms with Crippen LogP contribution >= 0.6 is 11.6 Å². The monoisotopic (exact) mass is 284 g/mol. The van der Waals surface area contributed by atoms with Gasteiger partial charge in [-0.1, -0.05) is 17.7 Å². The third kappa shape index (κ3) is 3.23. The van der Waals surface area contributed by atoms with E-state index in [0.717, 1.165) is 19.3 Å². The number of benzene rings is 1. The average molecular weight is 285 g/mol. The lowest BCUT2D eigenvalue weighted by atomic mass is 10.1. The van der Waals surface area contributed by atoms with Crippen molar-refractivity contribution in [2.45, 2.75) is 38.0 Å². The highest BCUT2D eigenvalue weighted by molar-refractivity contribution is 6.31. The second-order valence-corrected chi connectivity index (χ2v) is 5.09. The van der Waals surface area contributed by atoms with Gasteiger partial charge in [0, 0.05) is 25.8 Å². The Bertz CT molecular complexity index is 467. The molecular weight excluding hydrogens is 268 g/mol. The molecule has 1 aromatic rings. The zero-order valence-corrected chi connectivity index (χ0v) is 11.5. The molecule has 0 amide bonds. The van der Waals surface area contributed by atoms with E-state index in [1.54, 1.807) is 19.2 Å². The number of methoxy groups -OCH3 is 1. The third-order valence-electron chi connectivity index (χ3n) is 3.59. The van der Waals surface area contributed by atoms with Crippen LogP contribution in [0, 0.1) is 10.1 Å². The quantitative estimate of drug-likeness (QED) is 0.667. The summed E-state index contributed by atoms with van der Waals surface area (Å²) in [6, 6.07) is 4.98. The van der Waals surface area contributed by atoms with Crippen molar-refractivity contribution in [1.29, 1.82) is 0 Å². The molecule has 104 valence electrons. The van der Waals surface area contributed by atoms with E-state index in [1.165, 1.54) is 6.07 Å². The number of halogens is 1. The van der Waals surface area contributed by atoms with Crippen LogP contribution in [0.25, 0.3) is 0 Å². The molecule has 19 heavy (non-hydrogen) atoms. The minimum atomic E-state index is -0.397. The smallest absolute Gasteiger partial charge is 0.275 e. The maximum absolute atomic E-state index is 11.0. The van der Waals surface area contributed by atoms with Crippen molar-refractivity contribution in [3.05, 3.63) is 38.9 Å². The van der Waals surface area contributed by atoms with E-state index in [1.807, 2.05) is 0 Å². The molecule has 0 aromatic heterocycles. The minimum absolute atomic E-state index is 0.0620. The molecular formula is C13H17ClN2O3. The molecule has 0 bridgehead atoms. The Morgan fingerprint density at radius 3 is 3.00 bits per heavy atom. The third-order valence-corrected chi connectivity index (χ3v) is 3.94. The highest BCUT2D eigenvalue weighted by atomic mass is 35.5. The van der Waals surface area contributed by atoms with Gasteiger partial charge in [-0.25, -0.2) is 0 Å². The Kier molecular flexibility index (Phi) is 4.74. The fraction of sp³-hybridized carbons (Fsp3) is 0.538. The number of rotatable bonds is 5. The van der Waals surface area contributed by atoms with Gasteiger partial charge in [0.15, 0.2) is 0 Å². The van der Waals surface area contributed by atoms with Crippen LogP contribution < -0.4 is 5.32 Å². The molecule has 2 rings (SSSR count). The summed E-state index contributed by atoms with van der Waals surface area (Å²) in [7, 11) is 1.70. The molecule has 2 unspecified atom stereocenters. The van der Waals surface area contributed by atoms with Crippen LogP contribution in [0.3, 0.4) is 0 Å². The van der Waals surface area contributed by atoms with Gasteiger partial charge in [0.05, 0.1) is 21.6 Å². The Morgan fingerprint density at radius 1 is 1.53 bits per heavy atom. The van der Waals surface area contributed by atoms with Crippen LogP contribution in [0.5, 0.6) is 0 Å². The van der Waals surface area contributed by atoms with Crippen molar-refractivity contribution in [3.8, 4) is 0 Å². The van der Waals surface area contributed by atoms with E-state index in [4.69, 9.17) is 16.3 Å². The second kappa shape index (κ2) is 6.32. The maximum atomic E-state index is 11.0. The first kappa shape index (κ1) is 14.2. The zero-order valence-electron chi connectivity index (χ0n) is 10.8. The molecule has 1 aliphatic carbocycles. The van der Waals surface area contributed by atoms with Gasteiger partial charge in [0.25, 0.3) is 5.69 Å². The molecule has 2 atom stereocenters. The normalized spacial score (nSPS) is 22.6. The summed E-state index contributed by atoms with van der Waals surface area (Å²) in [4.78, 5) is 10.6. The van der Waals surface area contributed by atoms with Gasteiger partial charge in [-0.15, -0.1) is 0 Å². The van der Waals surface area contributed by atoms with Crippen LogP contribution in [0.4, 0.5) is 5.69 Å². The van der Waals surface area contributed by atoms with Gasteiger partial charge in [-0.2, -0.15) is 0 Å². The van der Waals surface area contributed by atoms with Crippen molar-refractivity contribution < 1.29 is 9.66 Å². The first-order valence-corrected chi connectivity index (χ1v) is 6.69. The summed E-state index contributed by atoms with van der Waals surface area (Å²) < 4.78 is 5.39. The molecule has 1 N–H and O–H groups in total. The van der Waals surface area contributed by atoms with Crippen LogP contribution in [0.2, 0.25) is 5.02 Å². The highest BCUT2D eigenvalue weighted by Gasteiger charge is 2.27. The van der Waals surface area contributed by atoms with E-state index in [9.17, 15) is 10.1 Å². The van der Waals surface area contributed by atoms with Crippen LogP contribution in [0.15, 0.2) is 18.2 Å². The van der Waals surface area contributed by atoms with E-state index >= 15 is 0 Å². The van der Waals surface area contributed by atoms with Crippen molar-refractivity contribution >= 4 is 17.3 Å². The molecule has 0 heterocycles. The summed E-state index contributed by atoms with van der Waals surface area (Å²) in [5.41, 5.74) is 0.600. The summed E-state index contributed by atoms with van der Waals surface area (Å²) in [5, 5.41) is 14.7. The Morgan fingerprint density at radius 2 is 2.32 bits per heavy atom. The second-order valence-electron chi connectivity index (χ2n) is 4.69. The minimum Gasteiger partial charge on any atom is -0.380 e. The van der Waals surface area contributed by atoms with Gasteiger partial charge >= 0.3 is 0 Å². The van der Waals surface area contributed by atoms with E-state index in [0.29, 0.717) is 17.1 Å². The first-order chi connectivity index (χ1) is 9.13. The fourth-order valence-corrected chi connectivity index (χ4v) is 2.80. The predicted octanol–water partition coefficient (Wildman–Crippen LogP) is 2.91. The SMILES string of the molecule is COC1CCCC1NCc1c(Cl)cccc1[N+](=O)[O-]. The molecule has 5 nitrogen and oxygen atoms in total. The Hall–Kier alpha value is -1.17. The lowest BCUT2D eigenvalue weighted by Crippen LogP contribution is -2.36. The fourth-order valence-electron chi connectivity index (χ4n) is 2.57. The lowest BCUT2D eigenvalue weighted by Gasteiger charge is -2.19. The van der Waals surface area contributed by atoms with Crippen LogP contribution in [-0.2, 0) is 11.3 Å². The number of ether oxygens (including phenoxy) is 1. The van der Waals surface area contributed by atoms with Gasteiger partial charge in [0.1, 0.15) is 0 Å². The van der Waals surface area contributed by atoms with Gasteiger partial charge in [-0.05, 0) is 25.3 Å². The van der Waals surface area contributed by atoms with Gasteiger partial charge in [0.2, 0.25) is 0 Å². The Labute approximate surface area is 117 Å². The van der Waals surface area contributed by atoms with Crippen LogP contribution in [0.1, 0.15) is 24.8 Å². The molecule has 1 aromatic carbocycles. The lowest BCUT2D eigenvalue weighted by molar-refractivity contribution is -0.385. The molecule has 0 radical (unpaired) electrons. The number of nitrogens with one attached hydrogen (secondary N) is 1. The summed E-state index contributed by atoms with van der Waals surface area (Å²) in [6.45, 7) is 0.389. The summed E-state index contributed by atoms with van der Waals surface area (Å²) in [6.07, 6.45) is 3.35. The maximum Gasteiger partial charge on any atom is 0.275 e. The number of nitro groups is 1. The standard InChI is InChI=1S/C13H17ClN2O3/c1-19-13-7-3-5-11(13)15-8-9-10(14)4-2-6-12(9)16(17)18/h2,4,6,11,13,15H,3,5,7-8H2,1H3. The first-order valence-electron chi connectivity index (χ1n) is 6.31. The molecule has 1 saturated carbocycles.